The number of nitrogens with zero attached hydrogens (tertiary/aromatic N) is 1. The Hall–Kier alpha value is -1.36. The molecule has 1 aromatic heterocycles. The van der Waals surface area contributed by atoms with E-state index in [9.17, 15) is 17.6 Å². The second kappa shape index (κ2) is 3.84. The van der Waals surface area contributed by atoms with Crippen molar-refractivity contribution in [3.8, 4) is 0 Å². The lowest BCUT2D eigenvalue weighted by Gasteiger charge is -2.10. The maximum absolute atomic E-state index is 13.1. The zero-order chi connectivity index (χ0) is 12.8. The lowest BCUT2D eigenvalue weighted by atomic mass is 10.1. The Bertz CT molecular complexity index is 592. The topological polar surface area (TPSA) is 12.9 Å². The average Bonchev–Trinajstić information content (AvgIpc) is 2.17. The molecule has 0 atom stereocenters. The summed E-state index contributed by atoms with van der Waals surface area (Å²) in [5.41, 5.74) is -0.705. The Morgan fingerprint density at radius 3 is 2.41 bits per heavy atom. The molecule has 1 nitrogen and oxygen atoms in total. The lowest BCUT2D eigenvalue weighted by molar-refractivity contribution is -0.140. The van der Waals surface area contributed by atoms with Crippen LogP contribution in [0.1, 0.15) is 11.3 Å². The van der Waals surface area contributed by atoms with Gasteiger partial charge in [-0.3, -0.25) is 0 Å². The van der Waals surface area contributed by atoms with Gasteiger partial charge in [0.05, 0.1) is 10.5 Å². The Kier molecular flexibility index (Phi) is 2.73. The van der Waals surface area contributed by atoms with Crippen molar-refractivity contribution in [2.75, 3.05) is 0 Å². The normalized spacial score (nSPS) is 12.1. The van der Waals surface area contributed by atoms with Crippen LogP contribution in [0.25, 0.3) is 10.9 Å². The van der Waals surface area contributed by atoms with Crippen molar-refractivity contribution in [1.29, 1.82) is 0 Å². The van der Waals surface area contributed by atoms with E-state index in [0.29, 0.717) is 11.6 Å². The molecule has 2 aromatic rings. The minimum atomic E-state index is -4.57. The van der Waals surface area contributed by atoms with Gasteiger partial charge in [-0.1, -0.05) is 11.6 Å². The highest BCUT2D eigenvalue weighted by Crippen LogP contribution is 2.33. The number of rotatable bonds is 0. The molecule has 0 fully saturated rings. The molecule has 2 rings (SSSR count). The zero-order valence-electron chi connectivity index (χ0n) is 8.57. The number of alkyl halides is 3. The highest BCUT2D eigenvalue weighted by Gasteiger charge is 2.33. The van der Waals surface area contributed by atoms with E-state index in [0.717, 1.165) is 12.1 Å². The maximum atomic E-state index is 13.1. The van der Waals surface area contributed by atoms with Crippen LogP contribution in [0.15, 0.2) is 18.2 Å². The van der Waals surface area contributed by atoms with Crippen molar-refractivity contribution in [3.05, 3.63) is 40.3 Å². The van der Waals surface area contributed by atoms with E-state index in [-0.39, 0.29) is 15.9 Å². The van der Waals surface area contributed by atoms with Gasteiger partial charge in [-0.05, 0) is 30.7 Å². The van der Waals surface area contributed by atoms with E-state index in [1.165, 1.54) is 6.92 Å². The fourth-order valence-corrected chi connectivity index (χ4v) is 1.81. The molecule has 90 valence electrons. The number of halogens is 5. The van der Waals surface area contributed by atoms with Crippen LogP contribution >= 0.6 is 11.6 Å². The molecular formula is C11H6ClF4N. The van der Waals surface area contributed by atoms with Crippen molar-refractivity contribution in [1.82, 2.24) is 4.98 Å². The fourth-order valence-electron chi connectivity index (χ4n) is 1.56. The zero-order valence-corrected chi connectivity index (χ0v) is 9.33. The van der Waals surface area contributed by atoms with Crippen molar-refractivity contribution in [2.45, 2.75) is 13.1 Å². The van der Waals surface area contributed by atoms with Crippen molar-refractivity contribution < 1.29 is 17.6 Å². The van der Waals surface area contributed by atoms with Crippen LogP contribution in [-0.4, -0.2) is 4.98 Å². The molecule has 0 spiro atoms. The Morgan fingerprint density at radius 2 is 1.82 bits per heavy atom. The number of aryl methyl sites for hydroxylation is 1. The minimum absolute atomic E-state index is 0.0613. The fraction of sp³-hybridized carbons (Fsp3) is 0.182. The first-order valence-electron chi connectivity index (χ1n) is 4.62. The Balaban J connectivity index is 2.83. The van der Waals surface area contributed by atoms with Gasteiger partial charge < -0.3 is 0 Å². The van der Waals surface area contributed by atoms with Crippen LogP contribution in [0.2, 0.25) is 5.02 Å². The third kappa shape index (κ3) is 2.20. The van der Waals surface area contributed by atoms with E-state index < -0.39 is 17.7 Å². The quantitative estimate of drug-likeness (QED) is 0.644. The van der Waals surface area contributed by atoms with Gasteiger partial charge in [0, 0.05) is 5.39 Å². The lowest BCUT2D eigenvalue weighted by Crippen LogP contribution is -2.08. The predicted molar refractivity (Wildman–Crippen MR) is 56.5 cm³/mol. The molecule has 17 heavy (non-hydrogen) atoms. The van der Waals surface area contributed by atoms with Gasteiger partial charge in [0.25, 0.3) is 0 Å². The number of benzene rings is 1. The summed E-state index contributed by atoms with van der Waals surface area (Å²) >= 11 is 5.71. The standard InChI is InChI=1S/C11H6ClF4N/c1-5-2-6(13)3-7-8(12)4-9(11(14,15)16)17-10(5)7/h2-4H,1H3. The summed E-state index contributed by atoms with van der Waals surface area (Å²) in [4.78, 5) is 3.47. The molecule has 0 saturated carbocycles. The molecule has 0 unspecified atom stereocenters. The van der Waals surface area contributed by atoms with E-state index >= 15 is 0 Å². The summed E-state index contributed by atoms with van der Waals surface area (Å²) in [7, 11) is 0. The minimum Gasteiger partial charge on any atom is -0.243 e. The van der Waals surface area contributed by atoms with Gasteiger partial charge in [0.15, 0.2) is 0 Å². The molecule has 0 aliphatic carbocycles. The van der Waals surface area contributed by atoms with Gasteiger partial charge in [0.2, 0.25) is 0 Å². The van der Waals surface area contributed by atoms with Gasteiger partial charge in [-0.15, -0.1) is 0 Å². The molecule has 0 aliphatic rings. The van der Waals surface area contributed by atoms with Gasteiger partial charge in [-0.2, -0.15) is 13.2 Å². The van der Waals surface area contributed by atoms with Gasteiger partial charge in [-0.25, -0.2) is 9.37 Å². The van der Waals surface area contributed by atoms with Crippen LogP contribution < -0.4 is 0 Å². The number of aromatic nitrogens is 1. The van der Waals surface area contributed by atoms with Gasteiger partial charge in [0.1, 0.15) is 11.5 Å². The van der Waals surface area contributed by atoms with E-state index in [2.05, 4.69) is 4.98 Å². The van der Waals surface area contributed by atoms with E-state index in [1.54, 1.807) is 0 Å². The van der Waals surface area contributed by atoms with Crippen molar-refractivity contribution in [3.63, 3.8) is 0 Å². The molecule has 0 radical (unpaired) electrons. The molecule has 0 N–H and O–H groups in total. The van der Waals surface area contributed by atoms with Crippen molar-refractivity contribution in [2.24, 2.45) is 0 Å². The molecule has 1 aromatic carbocycles. The van der Waals surface area contributed by atoms with Crippen LogP contribution in [0, 0.1) is 12.7 Å². The van der Waals surface area contributed by atoms with Crippen LogP contribution in [0.4, 0.5) is 17.6 Å². The van der Waals surface area contributed by atoms with Gasteiger partial charge >= 0.3 is 6.18 Å². The number of fused-ring (bicyclic) bond motifs is 1. The summed E-state index contributed by atoms with van der Waals surface area (Å²) in [5.74, 6) is -0.557. The Labute approximate surface area is 99.0 Å². The van der Waals surface area contributed by atoms with Crippen LogP contribution in [-0.2, 0) is 6.18 Å². The molecule has 6 heteroatoms. The van der Waals surface area contributed by atoms with Crippen LogP contribution in [0.3, 0.4) is 0 Å². The first-order chi connectivity index (χ1) is 7.79. The number of hydrogen-bond acceptors (Lipinski definition) is 1. The molecule has 0 aliphatic heterocycles. The molecular weight excluding hydrogens is 258 g/mol. The summed E-state index contributed by atoms with van der Waals surface area (Å²) in [6.45, 7) is 1.48. The monoisotopic (exact) mass is 263 g/mol. The first-order valence-corrected chi connectivity index (χ1v) is 5.00. The SMILES string of the molecule is Cc1cc(F)cc2c(Cl)cc(C(F)(F)F)nc12. The average molecular weight is 264 g/mol. The van der Waals surface area contributed by atoms with E-state index in [1.807, 2.05) is 0 Å². The highest BCUT2D eigenvalue weighted by molar-refractivity contribution is 6.35. The largest absolute Gasteiger partial charge is 0.433 e. The highest BCUT2D eigenvalue weighted by atomic mass is 35.5. The summed E-state index contributed by atoms with van der Waals surface area (Å²) in [5, 5.41) is 0.0158. The number of hydrogen-bond donors (Lipinski definition) is 0. The Morgan fingerprint density at radius 1 is 1.18 bits per heavy atom. The predicted octanol–water partition coefficient (Wildman–Crippen LogP) is 4.35. The molecule has 0 saturated heterocycles. The summed E-state index contributed by atoms with van der Waals surface area (Å²) in [6.07, 6.45) is -4.57. The molecule has 1 heterocycles. The third-order valence-corrected chi connectivity index (χ3v) is 2.62. The van der Waals surface area contributed by atoms with Crippen molar-refractivity contribution >= 4 is 22.5 Å². The third-order valence-electron chi connectivity index (χ3n) is 2.31. The maximum Gasteiger partial charge on any atom is 0.433 e. The summed E-state index contributed by atoms with van der Waals surface area (Å²) in [6, 6.07) is 2.88. The van der Waals surface area contributed by atoms with Crippen LogP contribution in [0.5, 0.6) is 0 Å². The molecule has 0 bridgehead atoms. The second-order valence-corrected chi connectivity index (χ2v) is 4.01. The second-order valence-electron chi connectivity index (χ2n) is 3.61. The van der Waals surface area contributed by atoms with E-state index in [4.69, 9.17) is 11.6 Å². The first kappa shape index (κ1) is 12.1. The smallest absolute Gasteiger partial charge is 0.243 e. The molecule has 0 amide bonds. The number of pyridine rings is 1. The summed E-state index contributed by atoms with van der Waals surface area (Å²) < 4.78 is 50.6.